The van der Waals surface area contributed by atoms with Crippen molar-refractivity contribution < 1.29 is 23.4 Å². The van der Waals surface area contributed by atoms with E-state index in [9.17, 15) is 13.6 Å². The van der Waals surface area contributed by atoms with Crippen LogP contribution in [0.3, 0.4) is 0 Å². The van der Waals surface area contributed by atoms with Crippen molar-refractivity contribution in [2.75, 3.05) is 19.8 Å². The van der Waals surface area contributed by atoms with Crippen LogP contribution in [0.15, 0.2) is 85.6 Å². The first-order valence-corrected chi connectivity index (χ1v) is 15.6. The maximum Gasteiger partial charge on any atom is 0.246 e. The van der Waals surface area contributed by atoms with Gasteiger partial charge in [0.1, 0.15) is 23.8 Å². The highest BCUT2D eigenvalue weighted by molar-refractivity contribution is 7.17. The molecule has 0 atom stereocenters. The molecule has 0 unspecified atom stereocenters. The molecule has 240 valence electrons. The summed E-state index contributed by atoms with van der Waals surface area (Å²) in [6.45, 7) is 12.7. The van der Waals surface area contributed by atoms with Crippen LogP contribution in [0.5, 0.6) is 0 Å². The lowest BCUT2D eigenvalue weighted by molar-refractivity contribution is -0.127. The molecule has 1 N–H and O–H groups in total. The van der Waals surface area contributed by atoms with Gasteiger partial charge >= 0.3 is 0 Å². The number of pyridine rings is 1. The fourth-order valence-electron chi connectivity index (χ4n) is 4.97. The van der Waals surface area contributed by atoms with Crippen LogP contribution in [0.2, 0.25) is 0 Å². The molecule has 0 fully saturated rings. The molecular formula is C34H36F2N6O3S. The van der Waals surface area contributed by atoms with Gasteiger partial charge in [-0.2, -0.15) is 10.2 Å². The summed E-state index contributed by atoms with van der Waals surface area (Å²) >= 11 is 1.46. The summed E-state index contributed by atoms with van der Waals surface area (Å²) in [5.41, 5.74) is 4.96. The Kier molecular flexibility index (Phi) is 11.7. The highest BCUT2D eigenvalue weighted by Crippen LogP contribution is 2.40. The zero-order valence-electron chi connectivity index (χ0n) is 26.0. The minimum Gasteiger partial charge on any atom is -0.499 e. The number of amides is 1. The molecule has 9 nitrogen and oxygen atoms in total. The third-order valence-corrected chi connectivity index (χ3v) is 7.97. The van der Waals surface area contributed by atoms with Crippen LogP contribution in [0.1, 0.15) is 25.1 Å². The lowest BCUT2D eigenvalue weighted by atomic mass is 10.0. The number of allylic oxidation sites excluding steroid dienone is 2. The van der Waals surface area contributed by atoms with Gasteiger partial charge in [0.2, 0.25) is 5.91 Å². The zero-order valence-corrected chi connectivity index (χ0v) is 26.8. The Morgan fingerprint density at radius 3 is 2.67 bits per heavy atom. The van der Waals surface area contributed by atoms with E-state index in [2.05, 4.69) is 23.0 Å². The Morgan fingerprint density at radius 2 is 1.98 bits per heavy atom. The third-order valence-electron chi connectivity index (χ3n) is 7.02. The van der Waals surface area contributed by atoms with E-state index in [1.807, 2.05) is 67.5 Å². The number of thiophene rings is 1. The second-order valence-corrected chi connectivity index (χ2v) is 10.6. The molecule has 0 radical (unpaired) electrons. The monoisotopic (exact) mass is 646 g/mol. The summed E-state index contributed by atoms with van der Waals surface area (Å²) in [6, 6.07) is 9.85. The summed E-state index contributed by atoms with van der Waals surface area (Å²) in [5, 5.41) is 20.9. The van der Waals surface area contributed by atoms with Gasteiger partial charge in [-0.05, 0) is 35.7 Å². The second kappa shape index (κ2) is 15.9. The number of nitrogens with zero attached hydrogens (tertiary/aromatic N) is 6. The number of ether oxygens (including phenoxy) is 1. The minimum absolute atomic E-state index is 0.0615. The van der Waals surface area contributed by atoms with Crippen LogP contribution in [0, 0.1) is 0 Å². The fourth-order valence-corrected chi connectivity index (χ4v) is 5.88. The Morgan fingerprint density at radius 1 is 1.17 bits per heavy atom. The highest BCUT2D eigenvalue weighted by Gasteiger charge is 2.24. The number of aliphatic hydroxyl groups excluding tert-OH is 1. The van der Waals surface area contributed by atoms with E-state index in [4.69, 9.17) is 15.2 Å². The first-order valence-electron chi connectivity index (χ1n) is 14.7. The summed E-state index contributed by atoms with van der Waals surface area (Å²) < 4.78 is 36.4. The lowest BCUT2D eigenvalue weighted by Crippen LogP contribution is -2.37. The normalized spacial score (nSPS) is 12.7. The van der Waals surface area contributed by atoms with Crippen molar-refractivity contribution >= 4 is 44.3 Å². The predicted molar refractivity (Wildman–Crippen MR) is 180 cm³/mol. The lowest BCUT2D eigenvalue weighted by Gasteiger charge is -2.26. The Hall–Kier alpha value is -4.94. The van der Waals surface area contributed by atoms with Gasteiger partial charge < -0.3 is 14.7 Å². The van der Waals surface area contributed by atoms with Gasteiger partial charge in [0.15, 0.2) is 0 Å². The Balaban J connectivity index is 0.000000541. The van der Waals surface area contributed by atoms with Gasteiger partial charge in [0.05, 0.1) is 55.4 Å². The first kappa shape index (κ1) is 33.9. The molecule has 0 saturated heterocycles. The molecule has 5 aromatic rings. The van der Waals surface area contributed by atoms with Crippen molar-refractivity contribution in [3.8, 4) is 22.6 Å². The minimum atomic E-state index is -0.735. The molecule has 0 saturated carbocycles. The van der Waals surface area contributed by atoms with E-state index in [1.54, 1.807) is 9.58 Å². The maximum atomic E-state index is 14.7. The molecule has 0 aliphatic carbocycles. The summed E-state index contributed by atoms with van der Waals surface area (Å²) in [7, 11) is 1.89. The number of aliphatic hydroxyl groups is 1. The number of benzene rings is 1. The predicted octanol–water partition coefficient (Wildman–Crippen LogP) is 7.20. The van der Waals surface area contributed by atoms with Gasteiger partial charge in [-0.1, -0.05) is 39.1 Å². The van der Waals surface area contributed by atoms with Crippen LogP contribution >= 0.6 is 11.3 Å². The van der Waals surface area contributed by atoms with Gasteiger partial charge in [-0.3, -0.25) is 14.2 Å². The summed E-state index contributed by atoms with van der Waals surface area (Å²) in [4.78, 5) is 18.9. The van der Waals surface area contributed by atoms with Crippen molar-refractivity contribution in [1.29, 1.82) is 0 Å². The van der Waals surface area contributed by atoms with Crippen molar-refractivity contribution in [2.24, 2.45) is 7.05 Å². The largest absolute Gasteiger partial charge is 0.499 e. The van der Waals surface area contributed by atoms with Crippen LogP contribution in [-0.4, -0.2) is 60.2 Å². The number of carbonyl (C=O) groups excluding carboxylic acids is 1. The Bertz CT molecular complexity index is 1910. The number of carbonyl (C=O) groups is 1. The molecule has 12 heteroatoms. The highest BCUT2D eigenvalue weighted by atomic mass is 32.1. The molecule has 0 spiro atoms. The molecule has 46 heavy (non-hydrogen) atoms. The molecule has 4 aromatic heterocycles. The smallest absolute Gasteiger partial charge is 0.246 e. The topological polar surface area (TPSA) is 98.3 Å². The van der Waals surface area contributed by atoms with E-state index in [0.29, 0.717) is 43.2 Å². The van der Waals surface area contributed by atoms with Gasteiger partial charge in [0, 0.05) is 46.3 Å². The number of aromatic nitrogens is 5. The molecule has 1 amide bonds. The van der Waals surface area contributed by atoms with E-state index in [0.717, 1.165) is 44.0 Å². The molecule has 0 bridgehead atoms. The molecule has 1 aliphatic heterocycles. The number of halogens is 2. The maximum absolute atomic E-state index is 14.7. The van der Waals surface area contributed by atoms with Crippen molar-refractivity contribution in [2.45, 2.75) is 26.9 Å². The summed E-state index contributed by atoms with van der Waals surface area (Å²) in [6.07, 6.45) is 6.64. The first-order chi connectivity index (χ1) is 22.4. The molecular weight excluding hydrogens is 610 g/mol. The van der Waals surface area contributed by atoms with Crippen LogP contribution in [-0.2, 0) is 29.7 Å². The SMILES string of the molecule is C=CC(=O)N1CCn2nc(-c3nc(-c4ccc5cnn(C)c5c4)c4ccsc4c3C=C(F)/C=C/F)cc2C1.C=COCCO.CC. The molecule has 1 aliphatic rings. The van der Waals surface area contributed by atoms with Gasteiger partial charge in [-0.15, -0.1) is 11.3 Å². The average Bonchev–Trinajstić information content (AvgIpc) is 3.83. The number of hydrogen-bond donors (Lipinski definition) is 1. The van der Waals surface area contributed by atoms with Crippen LogP contribution in [0.25, 0.3) is 49.7 Å². The van der Waals surface area contributed by atoms with Gasteiger partial charge in [0.25, 0.3) is 0 Å². The molecule has 5 heterocycles. The fraction of sp³-hybridized carbons (Fsp3) is 0.235. The van der Waals surface area contributed by atoms with E-state index < -0.39 is 5.83 Å². The third kappa shape index (κ3) is 7.30. The van der Waals surface area contributed by atoms with Crippen molar-refractivity contribution in [1.82, 2.24) is 29.4 Å². The van der Waals surface area contributed by atoms with E-state index >= 15 is 0 Å². The van der Waals surface area contributed by atoms with Crippen LogP contribution < -0.4 is 0 Å². The second-order valence-electron chi connectivity index (χ2n) is 9.72. The Labute approximate surface area is 270 Å². The number of hydrogen-bond acceptors (Lipinski definition) is 7. The molecule has 1 aromatic carbocycles. The number of rotatable bonds is 8. The van der Waals surface area contributed by atoms with E-state index in [-0.39, 0.29) is 18.8 Å². The van der Waals surface area contributed by atoms with Gasteiger partial charge in [-0.25, -0.2) is 13.8 Å². The number of aryl methyl sites for hydroxylation is 1. The standard InChI is InChI=1S/C28H22F2N6OS.C4H8O2.C2H6/c1-3-25(37)35-9-10-36-20(16-35)14-23(33-36)27-22(13-19(30)6-8-29)28-21(7-11-38-28)26(32-27)17-4-5-18-15-31-34(2)24(18)12-17;1-2-6-4-3-5;1-2/h3-8,11-15H,1,9-10,16H2,2H3;2,5H,1,3-4H2;1-2H3/b8-6+,19-13?;;. The zero-order chi connectivity index (χ0) is 33.2. The van der Waals surface area contributed by atoms with E-state index in [1.165, 1.54) is 29.8 Å². The molecule has 6 rings (SSSR count). The average molecular weight is 647 g/mol. The van der Waals surface area contributed by atoms with Crippen molar-refractivity contribution in [3.05, 3.63) is 96.9 Å². The summed E-state index contributed by atoms with van der Waals surface area (Å²) in [5.74, 6) is -0.880. The van der Waals surface area contributed by atoms with Crippen molar-refractivity contribution in [3.63, 3.8) is 0 Å². The van der Waals surface area contributed by atoms with Crippen LogP contribution in [0.4, 0.5) is 8.78 Å². The quantitative estimate of drug-likeness (QED) is 0.0829. The number of fused-ring (bicyclic) bond motifs is 3.